The molecule has 0 amide bonds. The van der Waals surface area contributed by atoms with Crippen LogP contribution >= 0.6 is 35.0 Å². The van der Waals surface area contributed by atoms with Gasteiger partial charge in [0, 0.05) is 24.3 Å². The van der Waals surface area contributed by atoms with E-state index in [0.29, 0.717) is 28.8 Å². The lowest BCUT2D eigenvalue weighted by atomic mass is 10.1. The van der Waals surface area contributed by atoms with Gasteiger partial charge in [0.25, 0.3) is 0 Å². The first kappa shape index (κ1) is 28.3. The van der Waals surface area contributed by atoms with Crippen molar-refractivity contribution in [2.45, 2.75) is 62.4 Å². The Morgan fingerprint density at radius 2 is 1.43 bits per heavy atom. The maximum absolute atomic E-state index is 11.9. The van der Waals surface area contributed by atoms with Crippen molar-refractivity contribution < 1.29 is 14.4 Å². The van der Waals surface area contributed by atoms with Crippen LogP contribution in [0.4, 0.5) is 11.6 Å². The van der Waals surface area contributed by atoms with E-state index in [1.165, 1.54) is 0 Å². The molecule has 2 aliphatic heterocycles. The minimum absolute atomic E-state index is 0.00809. The van der Waals surface area contributed by atoms with Crippen LogP contribution < -0.4 is 10.6 Å². The summed E-state index contributed by atoms with van der Waals surface area (Å²) in [6.07, 6.45) is 1.59. The van der Waals surface area contributed by atoms with E-state index >= 15 is 0 Å². The molecule has 4 heterocycles. The molecule has 4 rings (SSSR count). The second-order valence-electron chi connectivity index (χ2n) is 8.99. The van der Waals surface area contributed by atoms with Gasteiger partial charge in [-0.3, -0.25) is 4.21 Å². The van der Waals surface area contributed by atoms with Gasteiger partial charge in [-0.05, 0) is 35.0 Å². The fourth-order valence-corrected chi connectivity index (χ4v) is 6.34. The van der Waals surface area contributed by atoms with Crippen LogP contribution in [0.25, 0.3) is 0 Å². The molecule has 13 heteroatoms. The van der Waals surface area contributed by atoms with Gasteiger partial charge in [-0.25, -0.2) is 9.97 Å². The number of fused-ring (bicyclic) bond motifs is 2. The smallest absolute Gasteiger partial charge is 0.224 e. The molecule has 4 N–H and O–H groups in total. The van der Waals surface area contributed by atoms with Crippen molar-refractivity contribution in [2.24, 2.45) is 11.8 Å². The van der Waals surface area contributed by atoms with Gasteiger partial charge >= 0.3 is 0 Å². The van der Waals surface area contributed by atoms with Crippen molar-refractivity contribution in [2.75, 3.05) is 35.4 Å². The van der Waals surface area contributed by atoms with Crippen LogP contribution in [-0.4, -0.2) is 71.2 Å². The molecule has 0 aromatic carbocycles. The summed E-state index contributed by atoms with van der Waals surface area (Å²) < 4.78 is 11.9. The van der Waals surface area contributed by atoms with E-state index in [9.17, 15) is 14.4 Å². The molecule has 35 heavy (non-hydrogen) atoms. The van der Waals surface area contributed by atoms with Crippen molar-refractivity contribution in [3.63, 3.8) is 0 Å². The molecule has 2 aromatic rings. The van der Waals surface area contributed by atoms with Gasteiger partial charge in [0.05, 0.1) is 52.4 Å². The molecule has 2 aromatic heterocycles. The molecule has 0 fully saturated rings. The molecule has 0 aliphatic carbocycles. The Balaban J connectivity index is 0.000000196. The third-order valence-corrected chi connectivity index (χ3v) is 8.72. The highest BCUT2D eigenvalue weighted by Gasteiger charge is 2.27. The highest BCUT2D eigenvalue weighted by molar-refractivity contribution is 7.99. The van der Waals surface area contributed by atoms with Crippen molar-refractivity contribution in [3.05, 3.63) is 22.0 Å². The molecule has 1 unspecified atom stereocenters. The number of hydrogen-bond donors (Lipinski definition) is 4. The number of aromatic nitrogens is 4. The SMILES string of the molecule is CC(C)[C@H](CO)Nc1nc(Cl)nc2c1S(=O)CC2.CC(C)[C@H](CO)Nc1nc(Cl)nc2c1SCC2. The number of aliphatic hydroxyl groups excluding tert-OH is 2. The number of nitrogens with one attached hydrogen (secondary N) is 2. The Hall–Kier alpha value is -1.24. The van der Waals surface area contributed by atoms with Crippen LogP contribution in [0.5, 0.6) is 0 Å². The zero-order valence-electron chi connectivity index (χ0n) is 20.2. The van der Waals surface area contributed by atoms with Crippen molar-refractivity contribution in [1.29, 1.82) is 0 Å². The summed E-state index contributed by atoms with van der Waals surface area (Å²) in [7, 11) is -1.08. The van der Waals surface area contributed by atoms with Crippen LogP contribution in [0, 0.1) is 11.8 Å². The van der Waals surface area contributed by atoms with Crippen molar-refractivity contribution in [1.82, 2.24) is 19.9 Å². The summed E-state index contributed by atoms with van der Waals surface area (Å²) in [4.78, 5) is 18.4. The third kappa shape index (κ3) is 7.17. The molecule has 194 valence electrons. The Labute approximate surface area is 222 Å². The van der Waals surface area contributed by atoms with E-state index in [1.807, 2.05) is 13.8 Å². The van der Waals surface area contributed by atoms with Gasteiger partial charge < -0.3 is 20.8 Å². The van der Waals surface area contributed by atoms with Gasteiger partial charge in [0.2, 0.25) is 10.6 Å². The predicted octanol–water partition coefficient (Wildman–Crippen LogP) is 3.43. The quantitative estimate of drug-likeness (QED) is 0.354. The first-order valence-corrected chi connectivity index (χ1v) is 14.6. The van der Waals surface area contributed by atoms with Crippen LogP contribution in [0.3, 0.4) is 0 Å². The monoisotopic (exact) mass is 562 g/mol. The maximum atomic E-state index is 11.9. The van der Waals surface area contributed by atoms with E-state index in [0.717, 1.165) is 34.3 Å². The minimum Gasteiger partial charge on any atom is -0.394 e. The fourth-order valence-electron chi connectivity index (χ4n) is 3.60. The number of halogens is 2. The maximum Gasteiger partial charge on any atom is 0.224 e. The average molecular weight is 564 g/mol. The predicted molar refractivity (Wildman–Crippen MR) is 142 cm³/mol. The molecule has 0 spiro atoms. The second-order valence-corrected chi connectivity index (χ2v) is 12.3. The zero-order chi connectivity index (χ0) is 25.7. The summed E-state index contributed by atoms with van der Waals surface area (Å²) in [5.41, 5.74) is 1.76. The molecular formula is C22H32Cl2N6O3S2. The number of thioether (sulfide) groups is 1. The van der Waals surface area contributed by atoms with E-state index < -0.39 is 10.8 Å². The van der Waals surface area contributed by atoms with Crippen LogP contribution in [0.1, 0.15) is 39.1 Å². The first-order chi connectivity index (χ1) is 16.6. The third-order valence-electron chi connectivity index (χ3n) is 5.80. The lowest BCUT2D eigenvalue weighted by Gasteiger charge is -2.21. The lowest BCUT2D eigenvalue weighted by molar-refractivity contribution is 0.248. The Morgan fingerprint density at radius 3 is 2.00 bits per heavy atom. The van der Waals surface area contributed by atoms with E-state index in [1.54, 1.807) is 11.8 Å². The van der Waals surface area contributed by atoms with Gasteiger partial charge in [-0.15, -0.1) is 11.8 Å². The fraction of sp³-hybridized carbons (Fsp3) is 0.636. The molecule has 0 bridgehead atoms. The number of hydrogen-bond acceptors (Lipinski definition) is 10. The summed E-state index contributed by atoms with van der Waals surface area (Å²) in [6.45, 7) is 8.18. The topological polar surface area (TPSA) is 133 Å². The van der Waals surface area contributed by atoms with Crippen LogP contribution in [-0.2, 0) is 23.6 Å². The van der Waals surface area contributed by atoms with E-state index in [2.05, 4.69) is 44.4 Å². The molecule has 9 nitrogen and oxygen atoms in total. The number of aryl methyl sites for hydroxylation is 2. The summed E-state index contributed by atoms with van der Waals surface area (Å²) in [6, 6.07) is -0.149. The summed E-state index contributed by atoms with van der Waals surface area (Å²) in [5, 5.41) is 25.5. The molecule has 0 radical (unpaired) electrons. The molecule has 0 saturated carbocycles. The number of aliphatic hydroxyl groups is 2. The normalized spacial score (nSPS) is 18.1. The van der Waals surface area contributed by atoms with Gasteiger partial charge in [0.15, 0.2) is 0 Å². The zero-order valence-corrected chi connectivity index (χ0v) is 23.4. The number of anilines is 2. The Bertz CT molecular complexity index is 1060. The van der Waals surface area contributed by atoms with Gasteiger partial charge in [0.1, 0.15) is 16.5 Å². The summed E-state index contributed by atoms with van der Waals surface area (Å²) >= 11 is 13.5. The molecule has 2 aliphatic rings. The largest absolute Gasteiger partial charge is 0.394 e. The second kappa shape index (κ2) is 12.8. The van der Waals surface area contributed by atoms with E-state index in [-0.39, 0.29) is 41.8 Å². The molecular weight excluding hydrogens is 531 g/mol. The van der Waals surface area contributed by atoms with Gasteiger partial charge in [-0.2, -0.15) is 9.97 Å². The number of nitrogens with zero attached hydrogens (tertiary/aromatic N) is 4. The van der Waals surface area contributed by atoms with Crippen LogP contribution in [0.2, 0.25) is 10.6 Å². The van der Waals surface area contributed by atoms with Crippen molar-refractivity contribution in [3.8, 4) is 0 Å². The minimum atomic E-state index is -1.08. The van der Waals surface area contributed by atoms with Crippen molar-refractivity contribution >= 4 is 57.4 Å². The highest BCUT2D eigenvalue weighted by atomic mass is 35.5. The molecule has 3 atom stereocenters. The van der Waals surface area contributed by atoms with Crippen LogP contribution in [0.15, 0.2) is 9.79 Å². The lowest BCUT2D eigenvalue weighted by Crippen LogP contribution is -2.30. The number of rotatable bonds is 8. The first-order valence-electron chi connectivity index (χ1n) is 11.5. The molecule has 0 saturated heterocycles. The Morgan fingerprint density at radius 1 is 0.886 bits per heavy atom. The highest BCUT2D eigenvalue weighted by Crippen LogP contribution is 2.36. The standard InChI is InChI=1S/C11H16ClN3O2S.C11H16ClN3OS/c1-6(2)8(5-16)13-10-9-7(3-4-18(9)17)14-11(12)15-10;1-6(2)8(5-16)13-10-9-7(3-4-17-9)14-11(12)15-10/h6,8,16H,3-5H2,1-2H3,(H,13,14,15);6,8,16H,3-5H2,1-2H3,(H,13,14,15)/t8-,18?;8-/m00/s1. The Kier molecular flexibility index (Phi) is 10.4. The average Bonchev–Trinajstić information content (AvgIpc) is 3.42. The van der Waals surface area contributed by atoms with E-state index in [4.69, 9.17) is 23.2 Å². The summed E-state index contributed by atoms with van der Waals surface area (Å²) in [5.74, 6) is 3.39. The van der Waals surface area contributed by atoms with Gasteiger partial charge in [-0.1, -0.05) is 27.7 Å².